The summed E-state index contributed by atoms with van der Waals surface area (Å²) >= 11 is 0. The van der Waals surface area contributed by atoms with E-state index < -0.39 is 0 Å². The predicted molar refractivity (Wildman–Crippen MR) is 128 cm³/mol. The predicted octanol–water partition coefficient (Wildman–Crippen LogP) is 5.88. The first kappa shape index (κ1) is 22.2. The number of hydrogen-bond acceptors (Lipinski definition) is 2. The van der Waals surface area contributed by atoms with E-state index in [4.69, 9.17) is 0 Å². The van der Waals surface area contributed by atoms with Gasteiger partial charge in [0.25, 0.3) is 0 Å². The van der Waals surface area contributed by atoms with E-state index in [2.05, 4.69) is 47.0 Å². The third kappa shape index (κ3) is 2.43. The van der Waals surface area contributed by atoms with E-state index >= 15 is 0 Å². The standard InChI is InChI=1S/C28H48N2O/c1-18(30(8)19(2)31)20-11-13-26(6)22-10-9-21-24(3,4)23(29-7)12-14-27(21)17-28(22,27)16-15-25(20,26)5/h18,20-23,29H,9-17H2,1-8H3. The molecule has 9 unspecified atom stereocenters. The molecule has 1 amide bonds. The molecule has 0 bridgehead atoms. The molecule has 2 spiro atoms. The number of rotatable bonds is 3. The van der Waals surface area contributed by atoms with Gasteiger partial charge >= 0.3 is 0 Å². The van der Waals surface area contributed by atoms with Gasteiger partial charge in [-0.1, -0.05) is 27.7 Å². The molecule has 0 heterocycles. The summed E-state index contributed by atoms with van der Waals surface area (Å²) in [5.74, 6) is 2.67. The normalized spacial score (nSPS) is 52.9. The van der Waals surface area contributed by atoms with Gasteiger partial charge in [-0.05, 0) is 117 Å². The molecule has 0 aromatic rings. The Bertz CT molecular complexity index is 777. The maximum atomic E-state index is 12.2. The molecule has 5 fully saturated rings. The van der Waals surface area contributed by atoms with Crippen LogP contribution in [-0.4, -0.2) is 37.0 Å². The number of fused-ring (bicyclic) bond motifs is 2. The van der Waals surface area contributed by atoms with Gasteiger partial charge in [-0.15, -0.1) is 0 Å². The Kier molecular flexibility index (Phi) is 4.67. The van der Waals surface area contributed by atoms with Crippen LogP contribution in [0.2, 0.25) is 0 Å². The van der Waals surface area contributed by atoms with Gasteiger partial charge < -0.3 is 10.2 Å². The maximum absolute atomic E-state index is 12.2. The van der Waals surface area contributed by atoms with Crippen LogP contribution in [0.1, 0.15) is 99.3 Å². The Balaban J connectivity index is 1.47. The van der Waals surface area contributed by atoms with Crippen molar-refractivity contribution in [2.24, 2.45) is 44.8 Å². The van der Waals surface area contributed by atoms with Crippen molar-refractivity contribution in [3.8, 4) is 0 Å². The first-order valence-corrected chi connectivity index (χ1v) is 13.3. The summed E-state index contributed by atoms with van der Waals surface area (Å²) in [5, 5.41) is 3.69. The molecule has 0 saturated heterocycles. The zero-order chi connectivity index (χ0) is 22.6. The lowest BCUT2D eigenvalue weighted by atomic mass is 9.42. The van der Waals surface area contributed by atoms with Crippen LogP contribution in [-0.2, 0) is 4.79 Å². The van der Waals surface area contributed by atoms with E-state index in [1.165, 1.54) is 57.8 Å². The SMILES string of the molecule is CNC1CCC23CC24CCC2(C)C(C(C)N(C)C(C)=O)CCC2(C)C4CCC3C1(C)C. The molecule has 3 heteroatoms. The average molecular weight is 429 g/mol. The van der Waals surface area contributed by atoms with Gasteiger partial charge in [0.15, 0.2) is 0 Å². The number of carbonyl (C=O) groups excluding carboxylic acids is 1. The Morgan fingerprint density at radius 1 is 0.903 bits per heavy atom. The van der Waals surface area contributed by atoms with Gasteiger partial charge in [0, 0.05) is 26.1 Å². The van der Waals surface area contributed by atoms with Crippen LogP contribution in [0, 0.1) is 44.8 Å². The van der Waals surface area contributed by atoms with Crippen LogP contribution in [0.3, 0.4) is 0 Å². The lowest BCUT2D eigenvalue weighted by Crippen LogP contribution is -2.59. The van der Waals surface area contributed by atoms with E-state index in [9.17, 15) is 4.79 Å². The van der Waals surface area contributed by atoms with Crippen LogP contribution >= 0.6 is 0 Å². The van der Waals surface area contributed by atoms with Crippen molar-refractivity contribution in [2.75, 3.05) is 14.1 Å². The molecular formula is C28H48N2O. The third-order valence-electron chi connectivity index (χ3n) is 13.2. The first-order valence-electron chi connectivity index (χ1n) is 13.3. The van der Waals surface area contributed by atoms with Gasteiger partial charge in [-0.3, -0.25) is 4.79 Å². The highest BCUT2D eigenvalue weighted by atomic mass is 16.2. The Hall–Kier alpha value is -0.570. The molecule has 5 aliphatic rings. The molecule has 0 aromatic carbocycles. The van der Waals surface area contributed by atoms with Crippen molar-refractivity contribution in [3.05, 3.63) is 0 Å². The molecule has 176 valence electrons. The van der Waals surface area contributed by atoms with E-state index in [1.807, 2.05) is 11.9 Å². The fourth-order valence-electron chi connectivity index (χ4n) is 11.3. The minimum atomic E-state index is 0.224. The molecule has 9 atom stereocenters. The second-order valence-corrected chi connectivity index (χ2v) is 13.7. The number of hydrogen-bond donors (Lipinski definition) is 1. The largest absolute Gasteiger partial charge is 0.343 e. The summed E-state index contributed by atoms with van der Waals surface area (Å²) in [7, 11) is 4.21. The van der Waals surface area contributed by atoms with Gasteiger partial charge in [0.05, 0.1) is 0 Å². The summed E-state index contributed by atoms with van der Waals surface area (Å²) in [4.78, 5) is 14.2. The number of carbonyl (C=O) groups is 1. The summed E-state index contributed by atoms with van der Waals surface area (Å²) < 4.78 is 0. The minimum Gasteiger partial charge on any atom is -0.343 e. The van der Waals surface area contributed by atoms with Crippen molar-refractivity contribution in [3.63, 3.8) is 0 Å². The topological polar surface area (TPSA) is 32.3 Å². The highest BCUT2D eigenvalue weighted by molar-refractivity contribution is 5.73. The quantitative estimate of drug-likeness (QED) is 0.609. The second-order valence-electron chi connectivity index (χ2n) is 13.7. The summed E-state index contributed by atoms with van der Waals surface area (Å²) in [6.07, 6.45) is 12.8. The maximum Gasteiger partial charge on any atom is 0.219 e. The van der Waals surface area contributed by atoms with Crippen molar-refractivity contribution in [1.82, 2.24) is 10.2 Å². The van der Waals surface area contributed by atoms with Gasteiger partial charge in [-0.25, -0.2) is 0 Å². The highest BCUT2D eigenvalue weighted by Crippen LogP contribution is 2.88. The molecule has 5 rings (SSSR count). The molecule has 5 aliphatic carbocycles. The molecule has 3 nitrogen and oxygen atoms in total. The number of nitrogens with one attached hydrogen (secondary N) is 1. The summed E-state index contributed by atoms with van der Waals surface area (Å²) in [6.45, 7) is 14.5. The average Bonchev–Trinajstić information content (AvgIpc) is 3.29. The fraction of sp³-hybridized carbons (Fsp3) is 0.964. The first-order chi connectivity index (χ1) is 14.4. The van der Waals surface area contributed by atoms with Crippen LogP contribution in [0.25, 0.3) is 0 Å². The zero-order valence-electron chi connectivity index (χ0n) is 21.6. The van der Waals surface area contributed by atoms with E-state index in [0.717, 1.165) is 11.8 Å². The fourth-order valence-corrected chi connectivity index (χ4v) is 11.3. The van der Waals surface area contributed by atoms with Crippen molar-refractivity contribution in [2.45, 2.75) is 111 Å². The molecule has 1 N–H and O–H groups in total. The number of nitrogens with zero attached hydrogens (tertiary/aromatic N) is 1. The highest BCUT2D eigenvalue weighted by Gasteiger charge is 2.82. The van der Waals surface area contributed by atoms with E-state index in [-0.39, 0.29) is 5.91 Å². The third-order valence-corrected chi connectivity index (χ3v) is 13.2. The molecule has 0 aliphatic heterocycles. The molecule has 31 heavy (non-hydrogen) atoms. The molecular weight excluding hydrogens is 380 g/mol. The van der Waals surface area contributed by atoms with Crippen LogP contribution in [0.4, 0.5) is 0 Å². The number of amides is 1. The lowest BCUT2D eigenvalue weighted by molar-refractivity contribution is -0.150. The van der Waals surface area contributed by atoms with Crippen LogP contribution < -0.4 is 5.32 Å². The van der Waals surface area contributed by atoms with Crippen molar-refractivity contribution >= 4 is 5.91 Å². The van der Waals surface area contributed by atoms with E-state index in [0.29, 0.717) is 45.1 Å². The smallest absolute Gasteiger partial charge is 0.219 e. The molecule has 0 aromatic heterocycles. The monoisotopic (exact) mass is 428 g/mol. The minimum absolute atomic E-state index is 0.224. The van der Waals surface area contributed by atoms with E-state index in [1.54, 1.807) is 6.92 Å². The van der Waals surface area contributed by atoms with Gasteiger partial charge in [0.1, 0.15) is 0 Å². The molecule has 5 saturated carbocycles. The van der Waals surface area contributed by atoms with Gasteiger partial charge in [-0.2, -0.15) is 0 Å². The Labute approximate surface area is 191 Å². The molecule has 0 radical (unpaired) electrons. The van der Waals surface area contributed by atoms with Crippen LogP contribution in [0.5, 0.6) is 0 Å². The second kappa shape index (κ2) is 6.51. The summed E-state index contributed by atoms with van der Waals surface area (Å²) in [5.41, 5.74) is 2.50. The van der Waals surface area contributed by atoms with Crippen LogP contribution in [0.15, 0.2) is 0 Å². The van der Waals surface area contributed by atoms with Gasteiger partial charge in [0.2, 0.25) is 5.91 Å². The van der Waals surface area contributed by atoms with Crippen molar-refractivity contribution < 1.29 is 4.79 Å². The summed E-state index contributed by atoms with van der Waals surface area (Å²) in [6, 6.07) is 1.04. The lowest BCUT2D eigenvalue weighted by Gasteiger charge is -2.63. The Morgan fingerprint density at radius 3 is 2.19 bits per heavy atom. The zero-order valence-corrected chi connectivity index (χ0v) is 21.6. The van der Waals surface area contributed by atoms with Crippen molar-refractivity contribution in [1.29, 1.82) is 0 Å². The Morgan fingerprint density at radius 2 is 1.55 bits per heavy atom.